The third kappa shape index (κ3) is 3.02. The standard InChI is InChI=1S/C14H16BrNO6/c1-20-9-5-8(6-10(21-2)11(9)15)12(17)16-14(13(18)19)3-4-22-7-14/h5-6H,3-4,7H2,1-2H3,(H,16,17)(H,18,19). The molecule has 0 aromatic heterocycles. The van der Waals surface area contributed by atoms with Crippen molar-refractivity contribution in [1.29, 1.82) is 0 Å². The Bertz CT molecular complexity index is 572. The third-order valence-electron chi connectivity index (χ3n) is 3.49. The summed E-state index contributed by atoms with van der Waals surface area (Å²) in [6.45, 7) is 0.235. The highest BCUT2D eigenvalue weighted by Gasteiger charge is 2.44. The molecule has 1 aliphatic rings. The van der Waals surface area contributed by atoms with Crippen molar-refractivity contribution in [3.05, 3.63) is 22.2 Å². The van der Waals surface area contributed by atoms with E-state index in [1.807, 2.05) is 0 Å². The summed E-state index contributed by atoms with van der Waals surface area (Å²) in [5.41, 5.74) is -1.16. The van der Waals surface area contributed by atoms with E-state index in [0.717, 1.165) is 0 Å². The van der Waals surface area contributed by atoms with Crippen LogP contribution in [0.2, 0.25) is 0 Å². The number of nitrogens with one attached hydrogen (secondary N) is 1. The maximum atomic E-state index is 12.4. The molecule has 0 bridgehead atoms. The topological polar surface area (TPSA) is 94.1 Å². The minimum Gasteiger partial charge on any atom is -0.495 e. The lowest BCUT2D eigenvalue weighted by atomic mass is 9.98. The molecule has 1 aromatic rings. The van der Waals surface area contributed by atoms with Gasteiger partial charge in [-0.25, -0.2) is 4.79 Å². The van der Waals surface area contributed by atoms with Gasteiger partial charge in [-0.2, -0.15) is 0 Å². The molecule has 1 amide bonds. The molecule has 2 N–H and O–H groups in total. The van der Waals surface area contributed by atoms with Crippen LogP contribution in [0, 0.1) is 0 Å². The van der Waals surface area contributed by atoms with Crippen LogP contribution in [-0.2, 0) is 9.53 Å². The van der Waals surface area contributed by atoms with Gasteiger partial charge in [-0.05, 0) is 28.1 Å². The molecular formula is C14H16BrNO6. The van der Waals surface area contributed by atoms with E-state index in [0.29, 0.717) is 22.6 Å². The minimum atomic E-state index is -1.40. The Kier molecular flexibility index (Phi) is 4.92. The first-order valence-corrected chi connectivity index (χ1v) is 7.28. The van der Waals surface area contributed by atoms with Crippen molar-refractivity contribution >= 4 is 27.8 Å². The van der Waals surface area contributed by atoms with Crippen molar-refractivity contribution in [1.82, 2.24) is 5.32 Å². The summed E-state index contributed by atoms with van der Waals surface area (Å²) in [6.07, 6.45) is 0.221. The van der Waals surface area contributed by atoms with Crippen molar-refractivity contribution in [2.75, 3.05) is 27.4 Å². The molecule has 1 atom stereocenters. The van der Waals surface area contributed by atoms with E-state index in [2.05, 4.69) is 21.2 Å². The fourth-order valence-corrected chi connectivity index (χ4v) is 2.73. The molecule has 0 saturated carbocycles. The second kappa shape index (κ2) is 6.53. The molecule has 1 aliphatic heterocycles. The number of rotatable bonds is 5. The number of aliphatic carboxylic acids is 1. The van der Waals surface area contributed by atoms with Crippen LogP contribution in [0.1, 0.15) is 16.8 Å². The number of amides is 1. The number of hydrogen-bond acceptors (Lipinski definition) is 5. The molecule has 2 rings (SSSR count). The van der Waals surface area contributed by atoms with Crippen LogP contribution < -0.4 is 14.8 Å². The first kappa shape index (κ1) is 16.6. The Morgan fingerprint density at radius 2 is 1.91 bits per heavy atom. The van der Waals surface area contributed by atoms with Gasteiger partial charge in [0.1, 0.15) is 16.0 Å². The van der Waals surface area contributed by atoms with E-state index in [1.165, 1.54) is 26.4 Å². The number of methoxy groups -OCH3 is 2. The quantitative estimate of drug-likeness (QED) is 0.810. The molecule has 1 unspecified atom stereocenters. The first-order chi connectivity index (χ1) is 10.4. The summed E-state index contributed by atoms with van der Waals surface area (Å²) in [7, 11) is 2.93. The summed E-state index contributed by atoms with van der Waals surface area (Å²) < 4.78 is 16.0. The van der Waals surface area contributed by atoms with Gasteiger partial charge >= 0.3 is 5.97 Å². The molecular weight excluding hydrogens is 358 g/mol. The van der Waals surface area contributed by atoms with Gasteiger partial charge < -0.3 is 24.6 Å². The number of carboxylic acid groups (broad SMARTS) is 1. The summed E-state index contributed by atoms with van der Waals surface area (Å²) in [5, 5.41) is 11.9. The predicted octanol–water partition coefficient (Wildman–Crippen LogP) is 1.44. The van der Waals surface area contributed by atoms with Crippen molar-refractivity contribution < 1.29 is 28.9 Å². The molecule has 0 aliphatic carbocycles. The highest BCUT2D eigenvalue weighted by atomic mass is 79.9. The van der Waals surface area contributed by atoms with Crippen LogP contribution in [0.15, 0.2) is 16.6 Å². The van der Waals surface area contributed by atoms with E-state index >= 15 is 0 Å². The number of ether oxygens (including phenoxy) is 3. The van der Waals surface area contributed by atoms with E-state index in [1.54, 1.807) is 0 Å². The number of carbonyl (C=O) groups is 2. The Hall–Kier alpha value is -1.80. The Morgan fingerprint density at radius 1 is 1.32 bits per heavy atom. The number of carbonyl (C=O) groups excluding carboxylic acids is 1. The maximum Gasteiger partial charge on any atom is 0.331 e. The Labute approximate surface area is 135 Å². The minimum absolute atomic E-state index is 0.0567. The highest BCUT2D eigenvalue weighted by Crippen LogP contribution is 2.35. The molecule has 1 aromatic carbocycles. The van der Waals surface area contributed by atoms with Gasteiger partial charge in [0.05, 0.1) is 20.8 Å². The summed E-state index contributed by atoms with van der Waals surface area (Å²) in [4.78, 5) is 23.8. The molecule has 22 heavy (non-hydrogen) atoms. The number of carboxylic acids is 1. The van der Waals surface area contributed by atoms with Crippen LogP contribution in [0.3, 0.4) is 0 Å². The smallest absolute Gasteiger partial charge is 0.331 e. The molecule has 8 heteroatoms. The van der Waals surface area contributed by atoms with Gasteiger partial charge in [-0.15, -0.1) is 0 Å². The predicted molar refractivity (Wildman–Crippen MR) is 80.5 cm³/mol. The van der Waals surface area contributed by atoms with Crippen molar-refractivity contribution in [3.8, 4) is 11.5 Å². The SMILES string of the molecule is COc1cc(C(=O)NC2(C(=O)O)CCOC2)cc(OC)c1Br. The molecule has 1 fully saturated rings. The van der Waals surface area contributed by atoms with Crippen LogP contribution in [0.25, 0.3) is 0 Å². The number of hydrogen-bond donors (Lipinski definition) is 2. The fraction of sp³-hybridized carbons (Fsp3) is 0.429. The maximum absolute atomic E-state index is 12.4. The molecule has 0 spiro atoms. The monoisotopic (exact) mass is 373 g/mol. The van der Waals surface area contributed by atoms with Gasteiger partial charge in [0.2, 0.25) is 0 Å². The van der Waals surface area contributed by atoms with Gasteiger partial charge in [0, 0.05) is 18.6 Å². The summed E-state index contributed by atoms with van der Waals surface area (Å²) in [5.74, 6) is -0.820. The Morgan fingerprint density at radius 3 is 2.32 bits per heavy atom. The van der Waals surface area contributed by atoms with E-state index in [4.69, 9.17) is 14.2 Å². The lowest BCUT2D eigenvalue weighted by Gasteiger charge is -2.24. The first-order valence-electron chi connectivity index (χ1n) is 6.48. The van der Waals surface area contributed by atoms with Crippen molar-refractivity contribution in [3.63, 3.8) is 0 Å². The van der Waals surface area contributed by atoms with Gasteiger partial charge in [0.25, 0.3) is 5.91 Å². The van der Waals surface area contributed by atoms with Crippen LogP contribution in [0.5, 0.6) is 11.5 Å². The fourth-order valence-electron chi connectivity index (χ4n) is 2.18. The molecule has 1 saturated heterocycles. The normalized spacial score (nSPS) is 20.5. The average Bonchev–Trinajstić information content (AvgIpc) is 2.97. The Balaban J connectivity index is 2.31. The van der Waals surface area contributed by atoms with Crippen LogP contribution in [-0.4, -0.2) is 50.0 Å². The third-order valence-corrected chi connectivity index (χ3v) is 4.27. The van der Waals surface area contributed by atoms with E-state index in [-0.39, 0.29) is 18.6 Å². The van der Waals surface area contributed by atoms with Crippen LogP contribution in [0.4, 0.5) is 0 Å². The van der Waals surface area contributed by atoms with Gasteiger partial charge in [0.15, 0.2) is 5.54 Å². The van der Waals surface area contributed by atoms with Crippen molar-refractivity contribution in [2.45, 2.75) is 12.0 Å². The highest BCUT2D eigenvalue weighted by molar-refractivity contribution is 9.10. The molecule has 0 radical (unpaired) electrons. The lowest BCUT2D eigenvalue weighted by Crippen LogP contribution is -2.55. The number of halogens is 1. The summed E-state index contributed by atoms with van der Waals surface area (Å²) >= 11 is 3.31. The second-order valence-corrected chi connectivity index (χ2v) is 5.63. The zero-order valence-corrected chi connectivity index (χ0v) is 13.7. The molecule has 1 heterocycles. The average molecular weight is 374 g/mol. The molecule has 7 nitrogen and oxygen atoms in total. The summed E-state index contributed by atoms with van der Waals surface area (Å²) in [6, 6.07) is 3.01. The zero-order chi connectivity index (χ0) is 16.3. The van der Waals surface area contributed by atoms with Crippen molar-refractivity contribution in [2.24, 2.45) is 0 Å². The zero-order valence-electron chi connectivity index (χ0n) is 12.1. The molecule has 120 valence electrons. The van der Waals surface area contributed by atoms with Gasteiger partial charge in [-0.1, -0.05) is 0 Å². The van der Waals surface area contributed by atoms with E-state index in [9.17, 15) is 14.7 Å². The second-order valence-electron chi connectivity index (χ2n) is 4.84. The van der Waals surface area contributed by atoms with E-state index < -0.39 is 17.4 Å². The lowest BCUT2D eigenvalue weighted by molar-refractivity contribution is -0.144. The van der Waals surface area contributed by atoms with Gasteiger partial charge in [-0.3, -0.25) is 4.79 Å². The number of benzene rings is 1. The largest absolute Gasteiger partial charge is 0.495 e. The van der Waals surface area contributed by atoms with Crippen LogP contribution >= 0.6 is 15.9 Å².